The highest BCUT2D eigenvalue weighted by Gasteiger charge is 2.17. The van der Waals surface area contributed by atoms with Gasteiger partial charge in [-0.05, 0) is 54.5 Å². The number of fused-ring (bicyclic) bond motifs is 2. The lowest BCUT2D eigenvalue weighted by Gasteiger charge is -2.16. The van der Waals surface area contributed by atoms with Crippen LogP contribution in [0.3, 0.4) is 0 Å². The summed E-state index contributed by atoms with van der Waals surface area (Å²) in [6, 6.07) is 13.0. The molecule has 0 aliphatic heterocycles. The van der Waals surface area contributed by atoms with Gasteiger partial charge in [0.05, 0.1) is 22.4 Å². The molecular formula is C25H22N4O3S2. The molecule has 1 aliphatic rings. The van der Waals surface area contributed by atoms with Crippen LogP contribution in [0.4, 0.5) is 5.69 Å². The average molecular weight is 491 g/mol. The Hall–Kier alpha value is -3.43. The molecule has 2 amide bonds. The summed E-state index contributed by atoms with van der Waals surface area (Å²) in [7, 11) is 0. The van der Waals surface area contributed by atoms with Crippen LogP contribution in [-0.2, 0) is 17.6 Å². The quantitative estimate of drug-likeness (QED) is 0.274. The number of anilines is 1. The molecule has 0 atom stereocenters. The van der Waals surface area contributed by atoms with E-state index in [9.17, 15) is 14.4 Å². The second-order valence-corrected chi connectivity index (χ2v) is 9.96. The molecule has 0 saturated carbocycles. The number of aryl methyl sites for hydroxylation is 2. The zero-order valence-electron chi connectivity index (χ0n) is 18.2. The van der Waals surface area contributed by atoms with Crippen molar-refractivity contribution < 1.29 is 9.59 Å². The van der Waals surface area contributed by atoms with E-state index in [0.717, 1.165) is 35.7 Å². The van der Waals surface area contributed by atoms with Gasteiger partial charge in [-0.1, -0.05) is 42.1 Å². The van der Waals surface area contributed by atoms with Crippen LogP contribution in [-0.4, -0.2) is 27.5 Å². The van der Waals surface area contributed by atoms with E-state index in [2.05, 4.69) is 33.5 Å². The van der Waals surface area contributed by atoms with E-state index in [0.29, 0.717) is 21.1 Å². The van der Waals surface area contributed by atoms with Gasteiger partial charge in [0, 0.05) is 10.9 Å². The Morgan fingerprint density at radius 2 is 1.91 bits per heavy atom. The highest BCUT2D eigenvalue weighted by Crippen LogP contribution is 2.34. The maximum absolute atomic E-state index is 12.9. The minimum absolute atomic E-state index is 0.0184. The van der Waals surface area contributed by atoms with E-state index in [1.165, 1.54) is 35.3 Å². The Balaban J connectivity index is 1.34. The third-order valence-electron chi connectivity index (χ3n) is 5.89. The molecule has 34 heavy (non-hydrogen) atoms. The maximum Gasteiger partial charge on any atom is 0.260 e. The zero-order chi connectivity index (χ0) is 23.7. The van der Waals surface area contributed by atoms with Crippen LogP contribution in [0.25, 0.3) is 21.3 Å². The van der Waals surface area contributed by atoms with Crippen LogP contribution in [0.1, 0.15) is 34.3 Å². The predicted octanol–water partition coefficient (Wildman–Crippen LogP) is 4.36. The van der Waals surface area contributed by atoms with E-state index < -0.39 is 5.91 Å². The molecule has 0 radical (unpaired) electrons. The minimum atomic E-state index is -0.618. The second kappa shape index (κ2) is 9.44. The number of nitrogens with one attached hydrogen (secondary N) is 2. The number of carbonyl (C=O) groups excluding carboxylic acids is 2. The van der Waals surface area contributed by atoms with Gasteiger partial charge in [0.2, 0.25) is 5.91 Å². The molecule has 4 aromatic rings. The number of rotatable bonds is 6. The lowest BCUT2D eigenvalue weighted by molar-refractivity contribution is -0.113. The molecule has 0 bridgehead atoms. The molecule has 0 fully saturated rings. The molecule has 0 unspecified atom stereocenters. The number of primary amides is 1. The molecule has 2 aromatic heterocycles. The number of hydrogen-bond acceptors (Lipinski definition) is 6. The molecule has 5 rings (SSSR count). The molecule has 2 aromatic carbocycles. The Kier molecular flexibility index (Phi) is 6.21. The predicted molar refractivity (Wildman–Crippen MR) is 137 cm³/mol. The van der Waals surface area contributed by atoms with Crippen molar-refractivity contribution in [1.29, 1.82) is 0 Å². The summed E-state index contributed by atoms with van der Waals surface area (Å²) >= 11 is 2.55. The molecular weight excluding hydrogens is 468 g/mol. The van der Waals surface area contributed by atoms with Gasteiger partial charge in [0.1, 0.15) is 4.83 Å². The van der Waals surface area contributed by atoms with Gasteiger partial charge in [-0.2, -0.15) is 0 Å². The number of carbonyl (C=O) groups is 2. The number of H-pyrrole nitrogens is 1. The highest BCUT2D eigenvalue weighted by atomic mass is 32.2. The molecule has 0 saturated heterocycles. The van der Waals surface area contributed by atoms with Crippen LogP contribution >= 0.6 is 23.1 Å². The molecule has 2 heterocycles. The van der Waals surface area contributed by atoms with Crippen molar-refractivity contribution in [3.63, 3.8) is 0 Å². The number of benzene rings is 2. The number of nitrogens with zero attached hydrogens (tertiary/aromatic N) is 1. The minimum Gasteiger partial charge on any atom is -0.366 e. The van der Waals surface area contributed by atoms with Crippen LogP contribution in [0, 0.1) is 0 Å². The molecule has 172 valence electrons. The number of para-hydroxylation sites is 1. The summed E-state index contributed by atoms with van der Waals surface area (Å²) in [6.07, 6.45) is 4.62. The first-order valence-corrected chi connectivity index (χ1v) is 12.8. The van der Waals surface area contributed by atoms with Crippen molar-refractivity contribution in [2.75, 3.05) is 11.1 Å². The van der Waals surface area contributed by atoms with E-state index >= 15 is 0 Å². The number of hydrogen-bond donors (Lipinski definition) is 3. The van der Waals surface area contributed by atoms with Crippen molar-refractivity contribution in [2.45, 2.75) is 30.8 Å². The summed E-state index contributed by atoms with van der Waals surface area (Å²) in [4.78, 5) is 44.9. The topological polar surface area (TPSA) is 118 Å². The Morgan fingerprint density at radius 1 is 1.12 bits per heavy atom. The van der Waals surface area contributed by atoms with Crippen LogP contribution in [0.5, 0.6) is 0 Å². The first kappa shape index (κ1) is 22.4. The highest BCUT2D eigenvalue weighted by molar-refractivity contribution is 7.99. The molecule has 0 spiro atoms. The smallest absolute Gasteiger partial charge is 0.260 e. The Morgan fingerprint density at radius 3 is 2.74 bits per heavy atom. The van der Waals surface area contributed by atoms with Gasteiger partial charge in [0.25, 0.3) is 11.5 Å². The second-order valence-electron chi connectivity index (χ2n) is 8.14. The fourth-order valence-corrected chi connectivity index (χ4v) is 5.90. The molecule has 7 nitrogen and oxygen atoms in total. The first-order chi connectivity index (χ1) is 16.5. The number of aromatic amines is 1. The largest absolute Gasteiger partial charge is 0.366 e. The molecule has 4 N–H and O–H groups in total. The van der Waals surface area contributed by atoms with Gasteiger partial charge in [-0.3, -0.25) is 14.4 Å². The average Bonchev–Trinajstić information content (AvgIpc) is 3.27. The van der Waals surface area contributed by atoms with E-state index in [1.807, 2.05) is 5.38 Å². The Bertz CT molecular complexity index is 1470. The van der Waals surface area contributed by atoms with Crippen molar-refractivity contribution in [2.24, 2.45) is 5.73 Å². The number of thiophene rings is 1. The van der Waals surface area contributed by atoms with Gasteiger partial charge < -0.3 is 16.0 Å². The van der Waals surface area contributed by atoms with Crippen molar-refractivity contribution in [1.82, 2.24) is 9.97 Å². The van der Waals surface area contributed by atoms with Crippen molar-refractivity contribution in [3.05, 3.63) is 74.9 Å². The van der Waals surface area contributed by atoms with E-state index in [4.69, 9.17) is 5.73 Å². The van der Waals surface area contributed by atoms with Gasteiger partial charge in [-0.25, -0.2) is 4.98 Å². The third kappa shape index (κ3) is 4.49. The third-order valence-corrected chi connectivity index (χ3v) is 7.63. The van der Waals surface area contributed by atoms with Gasteiger partial charge in [-0.15, -0.1) is 11.3 Å². The van der Waals surface area contributed by atoms with Gasteiger partial charge in [0.15, 0.2) is 5.16 Å². The monoisotopic (exact) mass is 490 g/mol. The fourth-order valence-electron chi connectivity index (χ4n) is 4.24. The van der Waals surface area contributed by atoms with Crippen LogP contribution < -0.4 is 16.6 Å². The lowest BCUT2D eigenvalue weighted by Crippen LogP contribution is -2.19. The summed E-state index contributed by atoms with van der Waals surface area (Å²) in [5.41, 5.74) is 10.4. The number of aromatic nitrogens is 2. The van der Waals surface area contributed by atoms with Crippen LogP contribution in [0.2, 0.25) is 0 Å². The first-order valence-electron chi connectivity index (χ1n) is 10.9. The number of amides is 2. The maximum atomic E-state index is 12.9. The van der Waals surface area contributed by atoms with Crippen LogP contribution in [0.15, 0.2) is 57.8 Å². The number of thioether (sulfide) groups is 1. The SMILES string of the molecule is NC(=O)c1ccccc1NC(=O)CSc1nc2scc(-c3ccc4c(c3)CCCC4)c2c(=O)[nH]1. The Labute approximate surface area is 203 Å². The van der Waals surface area contributed by atoms with Crippen molar-refractivity contribution >= 4 is 50.8 Å². The summed E-state index contributed by atoms with van der Waals surface area (Å²) in [5, 5.41) is 5.60. The summed E-state index contributed by atoms with van der Waals surface area (Å²) in [5.74, 6) is -0.931. The van der Waals surface area contributed by atoms with E-state index in [1.54, 1.807) is 24.3 Å². The van der Waals surface area contributed by atoms with Crippen molar-refractivity contribution in [3.8, 4) is 11.1 Å². The summed E-state index contributed by atoms with van der Waals surface area (Å²) in [6.45, 7) is 0. The lowest BCUT2D eigenvalue weighted by atomic mass is 9.89. The zero-order valence-corrected chi connectivity index (χ0v) is 19.9. The normalized spacial score (nSPS) is 12.9. The summed E-state index contributed by atoms with van der Waals surface area (Å²) < 4.78 is 0. The fraction of sp³-hybridized carbons (Fsp3) is 0.200. The standard InChI is InChI=1S/C25H22N4O3S2/c26-22(31)17-7-3-4-8-19(17)27-20(30)13-34-25-28-23(32)21-18(12-33-24(21)29-25)16-10-9-14-5-1-2-6-15(14)11-16/h3-4,7-12H,1-2,5-6,13H2,(H2,26,31)(H,27,30)(H,28,29,32). The van der Waals surface area contributed by atoms with Gasteiger partial charge >= 0.3 is 0 Å². The number of nitrogens with two attached hydrogens (primary N) is 1. The molecule has 1 aliphatic carbocycles. The molecule has 9 heteroatoms. The van der Waals surface area contributed by atoms with E-state index in [-0.39, 0.29) is 22.8 Å².